The van der Waals surface area contributed by atoms with Crippen molar-refractivity contribution in [2.45, 2.75) is 31.8 Å². The predicted octanol–water partition coefficient (Wildman–Crippen LogP) is 1.84. The highest BCUT2D eigenvalue weighted by Gasteiger charge is 2.43. The van der Waals surface area contributed by atoms with Crippen LogP contribution in [0.2, 0.25) is 0 Å². The van der Waals surface area contributed by atoms with Crippen LogP contribution in [0.4, 0.5) is 0 Å². The number of likely N-dealkylation sites (tertiary alicyclic amines) is 1. The van der Waals surface area contributed by atoms with E-state index in [1.165, 1.54) is 7.11 Å². The molecule has 0 saturated carbocycles. The Hall–Kier alpha value is -1.75. The standard InChI is InChI=1S/C14H19NO4/c1-14(13(17)18)6-3-7-15(14)9-10-4-5-11(16)12(8-10)19-2/h4-5,8,16H,3,6-7,9H2,1-2H3,(H,17,18). The Labute approximate surface area is 112 Å². The van der Waals surface area contributed by atoms with E-state index in [1.807, 2.05) is 4.90 Å². The SMILES string of the molecule is COc1cc(CN2CCCC2(C)C(=O)O)ccc1O. The number of hydrogen-bond donors (Lipinski definition) is 2. The Morgan fingerprint density at radius 1 is 1.53 bits per heavy atom. The number of rotatable bonds is 4. The van der Waals surface area contributed by atoms with E-state index in [4.69, 9.17) is 4.74 Å². The fourth-order valence-corrected chi connectivity index (χ4v) is 2.56. The number of hydrogen-bond acceptors (Lipinski definition) is 4. The van der Waals surface area contributed by atoms with Crippen LogP contribution in [-0.2, 0) is 11.3 Å². The number of carboxylic acid groups (broad SMARTS) is 1. The molecular formula is C14H19NO4. The summed E-state index contributed by atoms with van der Waals surface area (Å²) in [4.78, 5) is 13.4. The molecule has 1 aliphatic rings. The Balaban J connectivity index is 2.19. The van der Waals surface area contributed by atoms with Gasteiger partial charge in [-0.1, -0.05) is 6.07 Å². The molecule has 1 aromatic rings. The molecule has 0 aromatic heterocycles. The number of methoxy groups -OCH3 is 1. The Bertz CT molecular complexity index is 488. The largest absolute Gasteiger partial charge is 0.504 e. The van der Waals surface area contributed by atoms with Gasteiger partial charge in [-0.05, 0) is 44.0 Å². The van der Waals surface area contributed by atoms with Crippen molar-refractivity contribution < 1.29 is 19.7 Å². The lowest BCUT2D eigenvalue weighted by Crippen LogP contribution is -2.47. The zero-order valence-electron chi connectivity index (χ0n) is 11.2. The maximum Gasteiger partial charge on any atom is 0.323 e. The molecular weight excluding hydrogens is 246 g/mol. The minimum Gasteiger partial charge on any atom is -0.504 e. The summed E-state index contributed by atoms with van der Waals surface area (Å²) in [5, 5.41) is 18.9. The normalized spacial score (nSPS) is 23.5. The van der Waals surface area contributed by atoms with Crippen LogP contribution < -0.4 is 4.74 Å². The number of ether oxygens (including phenoxy) is 1. The van der Waals surface area contributed by atoms with Gasteiger partial charge >= 0.3 is 5.97 Å². The molecule has 0 radical (unpaired) electrons. The molecule has 5 heteroatoms. The molecule has 0 aliphatic carbocycles. The molecule has 1 saturated heterocycles. The van der Waals surface area contributed by atoms with Gasteiger partial charge in [0.05, 0.1) is 7.11 Å². The van der Waals surface area contributed by atoms with Crippen LogP contribution in [0.1, 0.15) is 25.3 Å². The van der Waals surface area contributed by atoms with Gasteiger partial charge in [0.25, 0.3) is 0 Å². The van der Waals surface area contributed by atoms with Gasteiger partial charge in [-0.2, -0.15) is 0 Å². The smallest absolute Gasteiger partial charge is 0.323 e. The van der Waals surface area contributed by atoms with Gasteiger partial charge in [0.1, 0.15) is 5.54 Å². The molecule has 1 atom stereocenters. The Morgan fingerprint density at radius 3 is 2.89 bits per heavy atom. The topological polar surface area (TPSA) is 70.0 Å². The maximum absolute atomic E-state index is 11.4. The first-order valence-corrected chi connectivity index (χ1v) is 6.31. The van der Waals surface area contributed by atoms with Gasteiger partial charge in [0, 0.05) is 6.54 Å². The highest BCUT2D eigenvalue weighted by molar-refractivity contribution is 5.78. The van der Waals surface area contributed by atoms with Crippen LogP contribution in [0.5, 0.6) is 11.5 Å². The van der Waals surface area contributed by atoms with Crippen molar-refractivity contribution in [2.75, 3.05) is 13.7 Å². The van der Waals surface area contributed by atoms with E-state index in [0.717, 1.165) is 18.5 Å². The molecule has 1 aliphatic heterocycles. The Kier molecular flexibility index (Phi) is 3.66. The minimum absolute atomic E-state index is 0.0914. The number of benzene rings is 1. The van der Waals surface area contributed by atoms with Crippen molar-refractivity contribution >= 4 is 5.97 Å². The van der Waals surface area contributed by atoms with Crippen LogP contribution in [-0.4, -0.2) is 40.3 Å². The van der Waals surface area contributed by atoms with E-state index < -0.39 is 11.5 Å². The van der Waals surface area contributed by atoms with Crippen LogP contribution >= 0.6 is 0 Å². The third-order valence-corrected chi connectivity index (χ3v) is 3.87. The summed E-state index contributed by atoms with van der Waals surface area (Å²) in [6.45, 7) is 3.07. The van der Waals surface area contributed by atoms with Crippen molar-refractivity contribution in [1.82, 2.24) is 4.90 Å². The number of aliphatic carboxylic acids is 1. The third-order valence-electron chi connectivity index (χ3n) is 3.87. The van der Waals surface area contributed by atoms with Crippen LogP contribution in [0.25, 0.3) is 0 Å². The van der Waals surface area contributed by atoms with Gasteiger partial charge < -0.3 is 14.9 Å². The van der Waals surface area contributed by atoms with E-state index in [0.29, 0.717) is 18.7 Å². The highest BCUT2D eigenvalue weighted by Crippen LogP contribution is 2.32. The lowest BCUT2D eigenvalue weighted by Gasteiger charge is -2.31. The van der Waals surface area contributed by atoms with Crippen LogP contribution in [0, 0.1) is 0 Å². The summed E-state index contributed by atoms with van der Waals surface area (Å²) in [5.41, 5.74) is 0.134. The van der Waals surface area contributed by atoms with E-state index in [2.05, 4.69) is 0 Å². The van der Waals surface area contributed by atoms with E-state index >= 15 is 0 Å². The number of aromatic hydroxyl groups is 1. The Morgan fingerprint density at radius 2 is 2.26 bits per heavy atom. The lowest BCUT2D eigenvalue weighted by atomic mass is 9.99. The molecule has 104 valence electrons. The highest BCUT2D eigenvalue weighted by atomic mass is 16.5. The zero-order valence-corrected chi connectivity index (χ0v) is 11.2. The quantitative estimate of drug-likeness (QED) is 0.869. The van der Waals surface area contributed by atoms with Crippen LogP contribution in [0.15, 0.2) is 18.2 Å². The van der Waals surface area contributed by atoms with Crippen molar-refractivity contribution in [3.05, 3.63) is 23.8 Å². The number of carboxylic acids is 1. The van der Waals surface area contributed by atoms with Crippen molar-refractivity contribution in [2.24, 2.45) is 0 Å². The molecule has 5 nitrogen and oxygen atoms in total. The molecule has 2 rings (SSSR count). The van der Waals surface area contributed by atoms with Crippen molar-refractivity contribution in [1.29, 1.82) is 0 Å². The van der Waals surface area contributed by atoms with Gasteiger partial charge in [0.2, 0.25) is 0 Å². The molecule has 0 amide bonds. The average molecular weight is 265 g/mol. The average Bonchev–Trinajstić information content (AvgIpc) is 2.75. The molecule has 1 aromatic carbocycles. The van der Waals surface area contributed by atoms with E-state index in [1.54, 1.807) is 25.1 Å². The second-order valence-electron chi connectivity index (χ2n) is 5.11. The molecule has 0 spiro atoms. The summed E-state index contributed by atoms with van der Waals surface area (Å²) >= 11 is 0. The molecule has 1 fully saturated rings. The molecule has 0 bridgehead atoms. The third kappa shape index (κ3) is 2.51. The zero-order chi connectivity index (χ0) is 14.0. The second-order valence-corrected chi connectivity index (χ2v) is 5.11. The first-order valence-electron chi connectivity index (χ1n) is 6.31. The van der Waals surface area contributed by atoms with Gasteiger partial charge in [0.15, 0.2) is 11.5 Å². The van der Waals surface area contributed by atoms with E-state index in [9.17, 15) is 15.0 Å². The molecule has 1 unspecified atom stereocenters. The fourth-order valence-electron chi connectivity index (χ4n) is 2.56. The van der Waals surface area contributed by atoms with Gasteiger partial charge in [-0.25, -0.2) is 0 Å². The van der Waals surface area contributed by atoms with Crippen LogP contribution in [0.3, 0.4) is 0 Å². The number of carbonyl (C=O) groups is 1. The lowest BCUT2D eigenvalue weighted by molar-refractivity contribution is -0.148. The van der Waals surface area contributed by atoms with Gasteiger partial charge in [-0.3, -0.25) is 9.69 Å². The number of phenols is 1. The predicted molar refractivity (Wildman–Crippen MR) is 70.3 cm³/mol. The molecule has 19 heavy (non-hydrogen) atoms. The number of nitrogens with zero attached hydrogens (tertiary/aromatic N) is 1. The minimum atomic E-state index is -0.800. The van der Waals surface area contributed by atoms with Gasteiger partial charge in [-0.15, -0.1) is 0 Å². The van der Waals surface area contributed by atoms with Crippen molar-refractivity contribution in [3.63, 3.8) is 0 Å². The van der Waals surface area contributed by atoms with E-state index in [-0.39, 0.29) is 5.75 Å². The maximum atomic E-state index is 11.4. The molecule has 1 heterocycles. The monoisotopic (exact) mass is 265 g/mol. The summed E-state index contributed by atoms with van der Waals surface area (Å²) in [6.07, 6.45) is 1.55. The molecule has 2 N–H and O–H groups in total. The fraction of sp³-hybridized carbons (Fsp3) is 0.500. The first kappa shape index (κ1) is 13.7. The first-order chi connectivity index (χ1) is 8.97. The summed E-state index contributed by atoms with van der Waals surface area (Å²) in [7, 11) is 1.50. The summed E-state index contributed by atoms with van der Waals surface area (Å²) < 4.78 is 5.06. The van der Waals surface area contributed by atoms with Crippen molar-refractivity contribution in [3.8, 4) is 11.5 Å². The summed E-state index contributed by atoms with van der Waals surface area (Å²) in [5.74, 6) is -0.280. The summed E-state index contributed by atoms with van der Waals surface area (Å²) in [6, 6.07) is 5.11. The second kappa shape index (κ2) is 5.09. The number of phenolic OH excluding ortho intramolecular Hbond substituents is 1.